The summed E-state index contributed by atoms with van der Waals surface area (Å²) in [6, 6.07) is 15.4. The lowest BCUT2D eigenvalue weighted by atomic mass is 9.75. The lowest BCUT2D eigenvalue weighted by Gasteiger charge is -2.41. The smallest absolute Gasteiger partial charge is 0.314 e. The van der Waals surface area contributed by atoms with E-state index >= 15 is 0 Å². The van der Waals surface area contributed by atoms with E-state index in [1.807, 2.05) is 24.3 Å². The van der Waals surface area contributed by atoms with Crippen LogP contribution in [0.1, 0.15) is 35.7 Å². The molecule has 1 aliphatic rings. The maximum absolute atomic E-state index is 13.4. The van der Waals surface area contributed by atoms with Gasteiger partial charge in [-0.3, -0.25) is 14.6 Å². The van der Waals surface area contributed by atoms with E-state index in [0.29, 0.717) is 31.4 Å². The highest BCUT2D eigenvalue weighted by molar-refractivity contribution is 5.98. The number of ether oxygens (including phenoxy) is 1. The van der Waals surface area contributed by atoms with Gasteiger partial charge in [0.05, 0.1) is 17.5 Å². The van der Waals surface area contributed by atoms with Crippen LogP contribution >= 0.6 is 0 Å². The number of likely N-dealkylation sites (tertiary alicyclic amines) is 1. The molecule has 1 aromatic heterocycles. The summed E-state index contributed by atoms with van der Waals surface area (Å²) in [5.74, 6) is -0.738. The van der Waals surface area contributed by atoms with E-state index in [1.54, 1.807) is 36.2 Å². The predicted octanol–water partition coefficient (Wildman–Crippen LogP) is 4.40. The molecule has 0 bridgehead atoms. The Hall–Kier alpha value is -3.28. The topological polar surface area (TPSA) is 59.5 Å². The van der Waals surface area contributed by atoms with Crippen molar-refractivity contribution in [3.8, 4) is 0 Å². The van der Waals surface area contributed by atoms with Crippen LogP contribution < -0.4 is 0 Å². The minimum atomic E-state index is -0.847. The summed E-state index contributed by atoms with van der Waals surface area (Å²) in [4.78, 5) is 32.4. The van der Waals surface area contributed by atoms with Crippen molar-refractivity contribution in [1.29, 1.82) is 0 Å². The maximum Gasteiger partial charge on any atom is 0.314 e. The Morgan fingerprint density at radius 3 is 2.74 bits per heavy atom. The summed E-state index contributed by atoms with van der Waals surface area (Å²) < 4.78 is 18.8. The van der Waals surface area contributed by atoms with Gasteiger partial charge in [-0.15, -0.1) is 0 Å². The first-order valence-electron chi connectivity index (χ1n) is 10.6. The van der Waals surface area contributed by atoms with Crippen molar-refractivity contribution in [2.24, 2.45) is 5.41 Å². The van der Waals surface area contributed by atoms with Crippen molar-refractivity contribution < 1.29 is 18.7 Å². The van der Waals surface area contributed by atoms with Gasteiger partial charge in [0.2, 0.25) is 0 Å². The Labute approximate surface area is 180 Å². The fourth-order valence-electron chi connectivity index (χ4n) is 4.36. The van der Waals surface area contributed by atoms with Gasteiger partial charge in [-0.25, -0.2) is 4.39 Å². The molecule has 1 amide bonds. The molecule has 1 aliphatic heterocycles. The highest BCUT2D eigenvalue weighted by Gasteiger charge is 2.45. The summed E-state index contributed by atoms with van der Waals surface area (Å²) in [5.41, 5.74) is 1.40. The van der Waals surface area contributed by atoms with Crippen LogP contribution in [0.2, 0.25) is 0 Å². The number of aromatic nitrogens is 1. The molecule has 3 aromatic rings. The number of carbonyl (C=O) groups is 2. The van der Waals surface area contributed by atoms with E-state index < -0.39 is 5.41 Å². The van der Waals surface area contributed by atoms with Crippen LogP contribution in [0.4, 0.5) is 4.39 Å². The third-order valence-electron chi connectivity index (χ3n) is 5.88. The Morgan fingerprint density at radius 1 is 1.16 bits per heavy atom. The Bertz CT molecular complexity index is 1100. The van der Waals surface area contributed by atoms with E-state index in [4.69, 9.17) is 4.74 Å². The minimum absolute atomic E-state index is 0.113. The van der Waals surface area contributed by atoms with E-state index in [0.717, 1.165) is 16.5 Å². The first-order chi connectivity index (χ1) is 15.0. The Balaban J connectivity index is 1.61. The monoisotopic (exact) mass is 420 g/mol. The van der Waals surface area contributed by atoms with Gasteiger partial charge in [-0.2, -0.15) is 0 Å². The number of carbonyl (C=O) groups excluding carboxylic acids is 2. The molecule has 1 atom stereocenters. The lowest BCUT2D eigenvalue weighted by Crippen LogP contribution is -2.51. The van der Waals surface area contributed by atoms with Crippen LogP contribution in [0.25, 0.3) is 10.9 Å². The first kappa shape index (κ1) is 21.0. The van der Waals surface area contributed by atoms with Gasteiger partial charge in [0, 0.05) is 30.2 Å². The molecule has 31 heavy (non-hydrogen) atoms. The van der Waals surface area contributed by atoms with Gasteiger partial charge >= 0.3 is 5.97 Å². The number of rotatable bonds is 5. The van der Waals surface area contributed by atoms with Gasteiger partial charge < -0.3 is 9.64 Å². The number of nitrogens with zero attached hydrogens (tertiary/aromatic N) is 2. The molecule has 5 nitrogen and oxygen atoms in total. The molecule has 6 heteroatoms. The highest BCUT2D eigenvalue weighted by atomic mass is 19.1. The molecule has 0 radical (unpaired) electrons. The molecule has 160 valence electrons. The molecule has 0 N–H and O–H groups in total. The van der Waals surface area contributed by atoms with E-state index in [2.05, 4.69) is 4.98 Å². The summed E-state index contributed by atoms with van der Waals surface area (Å²) in [7, 11) is 0. The van der Waals surface area contributed by atoms with Crippen LogP contribution in [0, 0.1) is 11.2 Å². The molecular formula is C25H25FN2O3. The third-order valence-corrected chi connectivity index (χ3v) is 5.88. The van der Waals surface area contributed by atoms with Crippen LogP contribution in [0.5, 0.6) is 0 Å². The molecule has 2 heterocycles. The second-order valence-electron chi connectivity index (χ2n) is 8.05. The highest BCUT2D eigenvalue weighted by Crippen LogP contribution is 2.36. The number of benzene rings is 2. The number of hydrogen-bond acceptors (Lipinski definition) is 4. The van der Waals surface area contributed by atoms with Crippen LogP contribution in [-0.4, -0.2) is 41.5 Å². The second-order valence-corrected chi connectivity index (χ2v) is 8.05. The summed E-state index contributed by atoms with van der Waals surface area (Å²) in [6.45, 7) is 2.90. The third kappa shape index (κ3) is 4.43. The molecule has 1 fully saturated rings. The van der Waals surface area contributed by atoms with Crippen LogP contribution in [0.3, 0.4) is 0 Å². The van der Waals surface area contributed by atoms with Gasteiger partial charge in [0.25, 0.3) is 5.91 Å². The summed E-state index contributed by atoms with van der Waals surface area (Å²) >= 11 is 0. The largest absolute Gasteiger partial charge is 0.466 e. The first-order valence-corrected chi connectivity index (χ1v) is 10.6. The number of halogens is 1. The molecule has 1 saturated heterocycles. The lowest BCUT2D eigenvalue weighted by molar-refractivity contribution is -0.158. The number of amides is 1. The minimum Gasteiger partial charge on any atom is -0.466 e. The number of piperidine rings is 1. The average Bonchev–Trinajstić information content (AvgIpc) is 2.80. The quantitative estimate of drug-likeness (QED) is 0.574. The van der Waals surface area contributed by atoms with Crippen LogP contribution in [-0.2, 0) is 16.0 Å². The zero-order chi connectivity index (χ0) is 21.8. The summed E-state index contributed by atoms with van der Waals surface area (Å²) in [6.07, 6.45) is 3.44. The SMILES string of the molecule is CCOC(=O)[C@@]1(Cc2ccc(F)cc2)CCCN(C(=O)c2ccc3ncccc3c2)C1. The standard InChI is InChI=1S/C25H25FN2O3/c1-2-31-24(30)25(16-18-6-9-21(26)10-7-18)12-4-14-28(17-25)23(29)20-8-11-22-19(15-20)5-3-13-27-22/h3,5-11,13,15H,2,4,12,14,16-17H2,1H3/t25-/m1/s1. The van der Waals surface area contributed by atoms with Crippen molar-refractivity contribution in [1.82, 2.24) is 9.88 Å². The fourth-order valence-corrected chi connectivity index (χ4v) is 4.36. The maximum atomic E-state index is 13.4. The van der Waals surface area contributed by atoms with Crippen molar-refractivity contribution in [2.75, 3.05) is 19.7 Å². The fraction of sp³-hybridized carbons (Fsp3) is 0.320. The van der Waals surface area contributed by atoms with Gasteiger partial charge in [-0.05, 0) is 68.1 Å². The number of fused-ring (bicyclic) bond motifs is 1. The predicted molar refractivity (Wildman–Crippen MR) is 116 cm³/mol. The number of esters is 1. The molecular weight excluding hydrogens is 395 g/mol. The Morgan fingerprint density at radius 2 is 1.97 bits per heavy atom. The number of hydrogen-bond donors (Lipinski definition) is 0. The molecule has 4 rings (SSSR count). The van der Waals surface area contributed by atoms with Gasteiger partial charge in [0.1, 0.15) is 5.82 Å². The average molecular weight is 420 g/mol. The Kier molecular flexibility index (Phi) is 5.98. The molecule has 0 spiro atoms. The van der Waals surface area contributed by atoms with Crippen molar-refractivity contribution in [3.63, 3.8) is 0 Å². The van der Waals surface area contributed by atoms with Gasteiger partial charge in [0.15, 0.2) is 0 Å². The number of pyridine rings is 1. The molecule has 0 unspecified atom stereocenters. The van der Waals surface area contributed by atoms with Crippen molar-refractivity contribution in [2.45, 2.75) is 26.2 Å². The second kappa shape index (κ2) is 8.84. The van der Waals surface area contributed by atoms with E-state index in [-0.39, 0.29) is 30.8 Å². The molecule has 2 aromatic carbocycles. The summed E-state index contributed by atoms with van der Waals surface area (Å²) in [5, 5.41) is 0.897. The van der Waals surface area contributed by atoms with E-state index in [1.165, 1.54) is 12.1 Å². The zero-order valence-electron chi connectivity index (χ0n) is 17.5. The van der Waals surface area contributed by atoms with Gasteiger partial charge in [-0.1, -0.05) is 18.2 Å². The molecule has 0 aliphatic carbocycles. The van der Waals surface area contributed by atoms with Crippen molar-refractivity contribution in [3.05, 3.63) is 77.7 Å². The molecule has 0 saturated carbocycles. The van der Waals surface area contributed by atoms with Crippen LogP contribution in [0.15, 0.2) is 60.8 Å². The zero-order valence-corrected chi connectivity index (χ0v) is 17.5. The van der Waals surface area contributed by atoms with E-state index in [9.17, 15) is 14.0 Å². The van der Waals surface area contributed by atoms with Crippen molar-refractivity contribution >= 4 is 22.8 Å². The normalized spacial score (nSPS) is 18.7.